The van der Waals surface area contributed by atoms with Gasteiger partial charge < -0.3 is 20.2 Å². The zero-order valence-electron chi connectivity index (χ0n) is 15.2. The van der Waals surface area contributed by atoms with Crippen LogP contribution < -0.4 is 10.6 Å². The molecule has 0 aliphatic heterocycles. The lowest BCUT2D eigenvalue weighted by Gasteiger charge is -2.20. The molecular weight excluding hydrogens is 336 g/mol. The summed E-state index contributed by atoms with van der Waals surface area (Å²) in [4.78, 5) is 35.4. The Morgan fingerprint density at radius 1 is 1.08 bits per heavy atom. The monoisotopic (exact) mass is 358 g/mol. The van der Waals surface area contributed by atoms with Crippen molar-refractivity contribution in [2.24, 2.45) is 0 Å². The number of carboxylic acid groups (broad SMARTS) is 1. The number of aryl methyl sites for hydroxylation is 1. The van der Waals surface area contributed by atoms with E-state index in [0.717, 1.165) is 0 Å². The van der Waals surface area contributed by atoms with Gasteiger partial charge in [-0.05, 0) is 52.0 Å². The lowest BCUT2D eigenvalue weighted by molar-refractivity contribution is -0.136. The van der Waals surface area contributed by atoms with E-state index in [1.165, 1.54) is 6.26 Å². The van der Waals surface area contributed by atoms with Crippen LogP contribution in [0.1, 0.15) is 52.8 Å². The highest BCUT2D eigenvalue weighted by Crippen LogP contribution is 2.20. The second-order valence-electron chi connectivity index (χ2n) is 7.02. The molecule has 1 aromatic carbocycles. The molecule has 0 saturated heterocycles. The summed E-state index contributed by atoms with van der Waals surface area (Å²) >= 11 is 0. The lowest BCUT2D eigenvalue weighted by atomic mass is 10.1. The van der Waals surface area contributed by atoms with Crippen LogP contribution >= 0.6 is 0 Å². The maximum absolute atomic E-state index is 12.5. The summed E-state index contributed by atoms with van der Waals surface area (Å²) in [5.74, 6) is -1.64. The molecule has 0 radical (unpaired) electrons. The van der Waals surface area contributed by atoms with Crippen molar-refractivity contribution in [1.29, 1.82) is 0 Å². The summed E-state index contributed by atoms with van der Waals surface area (Å²) in [5, 5.41) is 14.5. The molecule has 3 N–H and O–H groups in total. The highest BCUT2D eigenvalue weighted by molar-refractivity contribution is 6.06. The molecule has 138 valence electrons. The number of hydrogen-bond acceptors (Lipinski definition) is 4. The zero-order valence-corrected chi connectivity index (χ0v) is 15.2. The molecule has 0 aliphatic carbocycles. The third-order valence-corrected chi connectivity index (χ3v) is 3.48. The highest BCUT2D eigenvalue weighted by Gasteiger charge is 2.21. The number of nitrogens with one attached hydrogen (secondary N) is 2. The van der Waals surface area contributed by atoms with Crippen LogP contribution in [0.25, 0.3) is 0 Å². The van der Waals surface area contributed by atoms with Crippen LogP contribution in [0, 0.1) is 6.92 Å². The Labute approximate surface area is 151 Å². The molecule has 0 spiro atoms. The van der Waals surface area contributed by atoms with Crippen molar-refractivity contribution in [2.75, 3.05) is 5.32 Å². The van der Waals surface area contributed by atoms with Crippen molar-refractivity contribution in [2.45, 2.75) is 39.7 Å². The molecule has 0 unspecified atom stereocenters. The zero-order chi connectivity index (χ0) is 19.5. The smallest absolute Gasteiger partial charge is 0.311 e. The molecule has 0 atom stereocenters. The Morgan fingerprint density at radius 3 is 2.23 bits per heavy atom. The van der Waals surface area contributed by atoms with E-state index in [4.69, 9.17) is 9.52 Å². The van der Waals surface area contributed by atoms with E-state index >= 15 is 0 Å². The SMILES string of the molecule is Cc1coc(CC(=O)O)c1C(=O)Nc1ccc(C(=O)NC(C)(C)C)cc1. The Bertz CT molecular complexity index is 829. The maximum Gasteiger partial charge on any atom is 0.311 e. The van der Waals surface area contributed by atoms with E-state index in [0.29, 0.717) is 16.8 Å². The van der Waals surface area contributed by atoms with Crippen molar-refractivity contribution in [3.05, 3.63) is 53.0 Å². The molecule has 0 saturated carbocycles. The minimum Gasteiger partial charge on any atom is -0.481 e. The summed E-state index contributed by atoms with van der Waals surface area (Å²) in [6.07, 6.45) is 0.982. The number of hydrogen-bond donors (Lipinski definition) is 3. The van der Waals surface area contributed by atoms with Gasteiger partial charge in [0.2, 0.25) is 0 Å². The topological polar surface area (TPSA) is 109 Å². The third-order valence-electron chi connectivity index (χ3n) is 3.48. The Hall–Kier alpha value is -3.09. The summed E-state index contributed by atoms with van der Waals surface area (Å²) in [6, 6.07) is 6.44. The number of carbonyl (C=O) groups is 3. The van der Waals surface area contributed by atoms with Gasteiger partial charge in [0.1, 0.15) is 12.2 Å². The second kappa shape index (κ2) is 7.43. The van der Waals surface area contributed by atoms with Gasteiger partial charge in [-0.25, -0.2) is 0 Å². The van der Waals surface area contributed by atoms with Crippen LogP contribution in [-0.4, -0.2) is 28.4 Å². The standard InChI is InChI=1S/C19H22N2O5/c1-11-10-26-14(9-15(22)23)16(11)18(25)20-13-7-5-12(6-8-13)17(24)21-19(2,3)4/h5-8,10H,9H2,1-4H3,(H,20,25)(H,21,24)(H,22,23). The van der Waals surface area contributed by atoms with E-state index in [-0.39, 0.29) is 29.2 Å². The molecule has 7 heteroatoms. The first kappa shape index (κ1) is 19.2. The molecule has 2 aromatic rings. The average Bonchev–Trinajstić information content (AvgIpc) is 2.86. The summed E-state index contributed by atoms with van der Waals surface area (Å²) in [7, 11) is 0. The van der Waals surface area contributed by atoms with Crippen LogP contribution in [0.5, 0.6) is 0 Å². The average molecular weight is 358 g/mol. The fraction of sp³-hybridized carbons (Fsp3) is 0.316. The fourth-order valence-electron chi connectivity index (χ4n) is 2.38. The van der Waals surface area contributed by atoms with Crippen molar-refractivity contribution < 1.29 is 23.9 Å². The van der Waals surface area contributed by atoms with Crippen molar-refractivity contribution in [1.82, 2.24) is 5.32 Å². The van der Waals surface area contributed by atoms with Crippen LogP contribution in [0.2, 0.25) is 0 Å². The van der Waals surface area contributed by atoms with Gasteiger partial charge in [-0.3, -0.25) is 14.4 Å². The summed E-state index contributed by atoms with van der Waals surface area (Å²) < 4.78 is 5.17. The number of benzene rings is 1. The number of furan rings is 1. The molecule has 2 rings (SSSR count). The van der Waals surface area contributed by atoms with Gasteiger partial charge in [0, 0.05) is 22.4 Å². The Morgan fingerprint density at radius 2 is 1.69 bits per heavy atom. The lowest BCUT2D eigenvalue weighted by Crippen LogP contribution is -2.40. The number of rotatable bonds is 5. The van der Waals surface area contributed by atoms with Crippen LogP contribution in [0.15, 0.2) is 34.9 Å². The molecule has 0 aliphatic rings. The minimum atomic E-state index is -1.08. The largest absolute Gasteiger partial charge is 0.481 e. The molecule has 2 amide bonds. The van der Waals surface area contributed by atoms with Gasteiger partial charge in [-0.2, -0.15) is 0 Å². The van der Waals surface area contributed by atoms with Crippen molar-refractivity contribution in [3.8, 4) is 0 Å². The molecule has 26 heavy (non-hydrogen) atoms. The quantitative estimate of drug-likeness (QED) is 0.761. The normalized spacial score (nSPS) is 11.1. The van der Waals surface area contributed by atoms with E-state index in [1.807, 2.05) is 20.8 Å². The van der Waals surface area contributed by atoms with E-state index in [2.05, 4.69) is 10.6 Å². The first-order chi connectivity index (χ1) is 12.1. The first-order valence-electron chi connectivity index (χ1n) is 8.09. The van der Waals surface area contributed by atoms with Gasteiger partial charge >= 0.3 is 5.97 Å². The predicted octanol–water partition coefficient (Wildman–Crippen LogP) is 3.00. The van der Waals surface area contributed by atoms with Gasteiger partial charge in [0.05, 0.1) is 11.8 Å². The van der Waals surface area contributed by atoms with Gasteiger partial charge in [-0.15, -0.1) is 0 Å². The van der Waals surface area contributed by atoms with Gasteiger partial charge in [-0.1, -0.05) is 0 Å². The second-order valence-corrected chi connectivity index (χ2v) is 7.02. The van der Waals surface area contributed by atoms with Gasteiger partial charge in [0.25, 0.3) is 11.8 Å². The number of anilines is 1. The van der Waals surface area contributed by atoms with Gasteiger partial charge in [0.15, 0.2) is 0 Å². The van der Waals surface area contributed by atoms with E-state index in [9.17, 15) is 14.4 Å². The number of amides is 2. The maximum atomic E-state index is 12.5. The predicted molar refractivity (Wildman–Crippen MR) is 96.4 cm³/mol. The molecular formula is C19H22N2O5. The van der Waals surface area contributed by atoms with Crippen LogP contribution in [0.4, 0.5) is 5.69 Å². The summed E-state index contributed by atoms with van der Waals surface area (Å²) in [5.41, 5.74) is 1.39. The number of aliphatic carboxylic acids is 1. The number of carbonyl (C=O) groups excluding carboxylic acids is 2. The molecule has 1 heterocycles. The first-order valence-corrected chi connectivity index (χ1v) is 8.09. The van der Waals surface area contributed by atoms with Crippen molar-refractivity contribution in [3.63, 3.8) is 0 Å². The third kappa shape index (κ3) is 4.95. The molecule has 1 aromatic heterocycles. The molecule has 0 bridgehead atoms. The van der Waals surface area contributed by atoms with E-state index in [1.54, 1.807) is 31.2 Å². The van der Waals surface area contributed by atoms with E-state index < -0.39 is 11.9 Å². The van der Waals surface area contributed by atoms with Crippen LogP contribution in [0.3, 0.4) is 0 Å². The minimum absolute atomic E-state index is 0.105. The Balaban J connectivity index is 2.12. The fourth-order valence-corrected chi connectivity index (χ4v) is 2.38. The molecule has 0 fully saturated rings. The molecule has 7 nitrogen and oxygen atoms in total. The van der Waals surface area contributed by atoms with Crippen LogP contribution in [-0.2, 0) is 11.2 Å². The van der Waals surface area contributed by atoms with Crippen molar-refractivity contribution >= 4 is 23.5 Å². The number of carboxylic acids is 1. The Kier molecular flexibility index (Phi) is 5.50. The highest BCUT2D eigenvalue weighted by atomic mass is 16.4. The summed E-state index contributed by atoms with van der Waals surface area (Å²) in [6.45, 7) is 7.34.